The van der Waals surface area contributed by atoms with Crippen molar-refractivity contribution in [3.05, 3.63) is 26.6 Å². The fraction of sp³-hybridized carbons (Fsp3) is 0.500. The first-order valence-corrected chi connectivity index (χ1v) is 7.14. The number of unbranched alkanes of at least 4 members (excludes halogenated alkanes) is 2. The fourth-order valence-electron chi connectivity index (χ4n) is 1.68. The van der Waals surface area contributed by atoms with E-state index in [9.17, 15) is 0 Å². The van der Waals surface area contributed by atoms with Crippen molar-refractivity contribution in [2.45, 2.75) is 38.6 Å². The predicted octanol–water partition coefficient (Wildman–Crippen LogP) is 4.37. The molecule has 0 saturated heterocycles. The molecule has 2 nitrogen and oxygen atoms in total. The van der Waals surface area contributed by atoms with Crippen molar-refractivity contribution in [1.29, 1.82) is 0 Å². The van der Waals surface area contributed by atoms with Crippen LogP contribution in [0.25, 0.3) is 0 Å². The summed E-state index contributed by atoms with van der Waals surface area (Å²) < 4.78 is 1.91. The number of hydrogen-bond acceptors (Lipinski definition) is 2. The maximum Gasteiger partial charge on any atom is 0.0507 e. The summed E-state index contributed by atoms with van der Waals surface area (Å²) in [5.41, 5.74) is 13.9. The van der Waals surface area contributed by atoms with E-state index in [2.05, 4.69) is 38.8 Å². The van der Waals surface area contributed by atoms with Gasteiger partial charge >= 0.3 is 0 Å². The summed E-state index contributed by atoms with van der Waals surface area (Å²) in [5.74, 6) is 0. The number of nitrogens with two attached hydrogens (primary N) is 2. The fourth-order valence-corrected chi connectivity index (χ4v) is 2.94. The van der Waals surface area contributed by atoms with Crippen molar-refractivity contribution in [2.24, 2.45) is 5.73 Å². The SMILES string of the molecule is CCCCC[C@@H](N)c1cc(Br)cc(Br)c1N. The van der Waals surface area contributed by atoms with Gasteiger partial charge < -0.3 is 11.5 Å². The monoisotopic (exact) mass is 348 g/mol. The molecule has 0 aliphatic rings. The highest BCUT2D eigenvalue weighted by atomic mass is 79.9. The van der Waals surface area contributed by atoms with E-state index < -0.39 is 0 Å². The van der Waals surface area contributed by atoms with Crippen LogP contribution in [0, 0.1) is 0 Å². The highest BCUT2D eigenvalue weighted by molar-refractivity contribution is 9.11. The second-order valence-electron chi connectivity index (χ2n) is 3.99. The molecule has 0 bridgehead atoms. The first-order valence-electron chi connectivity index (χ1n) is 5.56. The van der Waals surface area contributed by atoms with Gasteiger partial charge in [0, 0.05) is 15.0 Å². The third-order valence-electron chi connectivity index (χ3n) is 2.64. The van der Waals surface area contributed by atoms with Gasteiger partial charge in [-0.15, -0.1) is 0 Å². The lowest BCUT2D eigenvalue weighted by Crippen LogP contribution is -2.12. The molecule has 4 N–H and O–H groups in total. The molecule has 0 aliphatic heterocycles. The standard InChI is InChI=1S/C12H18Br2N2/c1-2-3-4-5-11(15)9-6-8(13)7-10(14)12(9)16/h6-7,11H,2-5,15-16H2,1H3/t11-/m1/s1. The average molecular weight is 350 g/mol. The van der Waals surface area contributed by atoms with Gasteiger partial charge in [0.1, 0.15) is 0 Å². The maximum absolute atomic E-state index is 6.15. The maximum atomic E-state index is 6.15. The van der Waals surface area contributed by atoms with E-state index in [0.717, 1.165) is 33.0 Å². The minimum absolute atomic E-state index is 0.0281. The zero-order valence-corrected chi connectivity index (χ0v) is 12.6. The predicted molar refractivity (Wildman–Crippen MR) is 77.3 cm³/mol. The van der Waals surface area contributed by atoms with E-state index in [-0.39, 0.29) is 6.04 Å². The summed E-state index contributed by atoms with van der Waals surface area (Å²) in [6.07, 6.45) is 4.58. The van der Waals surface area contributed by atoms with E-state index in [4.69, 9.17) is 11.5 Å². The topological polar surface area (TPSA) is 52.0 Å². The van der Waals surface area contributed by atoms with Crippen LogP contribution in [0.5, 0.6) is 0 Å². The van der Waals surface area contributed by atoms with Crippen molar-refractivity contribution in [2.75, 3.05) is 5.73 Å². The molecule has 0 saturated carbocycles. The molecular formula is C12H18Br2N2. The van der Waals surface area contributed by atoms with E-state index in [1.807, 2.05) is 12.1 Å². The highest BCUT2D eigenvalue weighted by Crippen LogP contribution is 2.32. The zero-order valence-electron chi connectivity index (χ0n) is 9.47. The molecule has 16 heavy (non-hydrogen) atoms. The summed E-state index contributed by atoms with van der Waals surface area (Å²) in [4.78, 5) is 0. The molecule has 0 aliphatic carbocycles. The molecule has 1 aromatic rings. The summed E-state index contributed by atoms with van der Waals surface area (Å²) >= 11 is 6.89. The Morgan fingerprint density at radius 2 is 1.94 bits per heavy atom. The van der Waals surface area contributed by atoms with Gasteiger partial charge in [-0.05, 0) is 40.0 Å². The van der Waals surface area contributed by atoms with Crippen LogP contribution in [-0.4, -0.2) is 0 Å². The molecule has 0 unspecified atom stereocenters. The summed E-state index contributed by atoms with van der Waals surface area (Å²) in [6, 6.07) is 3.98. The normalized spacial score (nSPS) is 12.8. The third-order valence-corrected chi connectivity index (χ3v) is 3.76. The van der Waals surface area contributed by atoms with E-state index in [1.165, 1.54) is 12.8 Å². The number of nitrogen functional groups attached to an aromatic ring is 1. The second kappa shape index (κ2) is 6.62. The van der Waals surface area contributed by atoms with Gasteiger partial charge in [0.15, 0.2) is 0 Å². The Kier molecular flexibility index (Phi) is 5.79. The third kappa shape index (κ3) is 3.75. The molecular weight excluding hydrogens is 332 g/mol. The Bertz CT molecular complexity index is 353. The van der Waals surface area contributed by atoms with Gasteiger partial charge in [0.2, 0.25) is 0 Å². The number of rotatable bonds is 5. The molecule has 4 heteroatoms. The first kappa shape index (κ1) is 14.0. The minimum Gasteiger partial charge on any atom is -0.398 e. The lowest BCUT2D eigenvalue weighted by molar-refractivity contribution is 0.582. The van der Waals surface area contributed by atoms with Gasteiger partial charge in [0.25, 0.3) is 0 Å². The Labute approximate surface area is 114 Å². The summed E-state index contributed by atoms with van der Waals surface area (Å²) in [7, 11) is 0. The van der Waals surface area contributed by atoms with Crippen molar-refractivity contribution in [3.63, 3.8) is 0 Å². The number of halogens is 2. The molecule has 0 radical (unpaired) electrons. The van der Waals surface area contributed by atoms with Gasteiger partial charge in [0.05, 0.1) is 5.69 Å². The molecule has 1 aromatic carbocycles. The Balaban J connectivity index is 2.78. The second-order valence-corrected chi connectivity index (χ2v) is 5.76. The molecule has 0 spiro atoms. The minimum atomic E-state index is 0.0281. The Morgan fingerprint density at radius 3 is 2.56 bits per heavy atom. The molecule has 0 amide bonds. The smallest absolute Gasteiger partial charge is 0.0507 e. The summed E-state index contributed by atoms with van der Waals surface area (Å²) in [5, 5.41) is 0. The van der Waals surface area contributed by atoms with E-state index >= 15 is 0 Å². The van der Waals surface area contributed by atoms with Crippen LogP contribution < -0.4 is 11.5 Å². The van der Waals surface area contributed by atoms with Crippen LogP contribution in [0.3, 0.4) is 0 Å². The van der Waals surface area contributed by atoms with Crippen LogP contribution in [0.15, 0.2) is 21.1 Å². The molecule has 0 fully saturated rings. The lowest BCUT2D eigenvalue weighted by Gasteiger charge is -2.16. The van der Waals surface area contributed by atoms with Gasteiger partial charge in [-0.25, -0.2) is 0 Å². The molecule has 0 aromatic heterocycles. The molecule has 0 heterocycles. The van der Waals surface area contributed by atoms with Crippen molar-refractivity contribution < 1.29 is 0 Å². The van der Waals surface area contributed by atoms with E-state index in [1.54, 1.807) is 0 Å². The number of hydrogen-bond donors (Lipinski definition) is 2. The lowest BCUT2D eigenvalue weighted by atomic mass is 10.00. The van der Waals surface area contributed by atoms with Crippen LogP contribution in [0.2, 0.25) is 0 Å². The van der Waals surface area contributed by atoms with Gasteiger partial charge in [-0.1, -0.05) is 42.1 Å². The number of anilines is 1. The molecule has 1 rings (SSSR count). The first-order chi connectivity index (χ1) is 7.56. The van der Waals surface area contributed by atoms with E-state index in [0.29, 0.717) is 0 Å². The van der Waals surface area contributed by atoms with Crippen molar-refractivity contribution >= 4 is 37.5 Å². The van der Waals surface area contributed by atoms with Crippen molar-refractivity contribution in [1.82, 2.24) is 0 Å². The zero-order chi connectivity index (χ0) is 12.1. The van der Waals surface area contributed by atoms with Gasteiger partial charge in [-0.3, -0.25) is 0 Å². The van der Waals surface area contributed by atoms with Crippen LogP contribution in [-0.2, 0) is 0 Å². The van der Waals surface area contributed by atoms with Crippen LogP contribution in [0.1, 0.15) is 44.2 Å². The Hall–Kier alpha value is -0.0600. The number of benzene rings is 1. The summed E-state index contributed by atoms with van der Waals surface area (Å²) in [6.45, 7) is 2.19. The molecule has 90 valence electrons. The molecule has 1 atom stereocenters. The average Bonchev–Trinajstić information content (AvgIpc) is 2.23. The van der Waals surface area contributed by atoms with Gasteiger partial charge in [-0.2, -0.15) is 0 Å². The van der Waals surface area contributed by atoms with Crippen LogP contribution in [0.4, 0.5) is 5.69 Å². The Morgan fingerprint density at radius 1 is 1.25 bits per heavy atom. The van der Waals surface area contributed by atoms with Crippen LogP contribution >= 0.6 is 31.9 Å². The quantitative estimate of drug-likeness (QED) is 0.612. The largest absolute Gasteiger partial charge is 0.398 e. The van der Waals surface area contributed by atoms with Crippen molar-refractivity contribution in [3.8, 4) is 0 Å². The highest BCUT2D eigenvalue weighted by Gasteiger charge is 2.12.